The van der Waals surface area contributed by atoms with Gasteiger partial charge in [-0.15, -0.1) is 0 Å². The molecule has 4 nitrogen and oxygen atoms in total. The van der Waals surface area contributed by atoms with Crippen molar-refractivity contribution >= 4 is 22.7 Å². The zero-order valence-electron chi connectivity index (χ0n) is 17.4. The van der Waals surface area contributed by atoms with E-state index < -0.39 is 0 Å². The SMILES string of the molecule is CCCCC1CCC(C(=O)Nc2ccccc2-c2nc3cc(C)ccc3o2)CC1. The van der Waals surface area contributed by atoms with Crippen LogP contribution in [0.25, 0.3) is 22.6 Å². The molecule has 29 heavy (non-hydrogen) atoms. The number of aromatic nitrogens is 1. The highest BCUT2D eigenvalue weighted by molar-refractivity contribution is 5.96. The third kappa shape index (κ3) is 4.52. The molecular formula is C25H30N2O2. The maximum atomic E-state index is 12.9. The van der Waals surface area contributed by atoms with Gasteiger partial charge in [0.1, 0.15) is 5.52 Å². The van der Waals surface area contributed by atoms with Crippen molar-refractivity contribution in [1.29, 1.82) is 0 Å². The van der Waals surface area contributed by atoms with Gasteiger partial charge in [0.15, 0.2) is 5.58 Å². The van der Waals surface area contributed by atoms with Gasteiger partial charge in [-0.1, -0.05) is 44.4 Å². The van der Waals surface area contributed by atoms with Crippen LogP contribution in [0.2, 0.25) is 0 Å². The maximum Gasteiger partial charge on any atom is 0.229 e. The first-order chi connectivity index (χ1) is 14.1. The second-order valence-corrected chi connectivity index (χ2v) is 8.38. The average molecular weight is 391 g/mol. The summed E-state index contributed by atoms with van der Waals surface area (Å²) in [5, 5.41) is 3.15. The molecule has 1 saturated carbocycles. The van der Waals surface area contributed by atoms with Crippen LogP contribution in [0, 0.1) is 18.8 Å². The largest absolute Gasteiger partial charge is 0.436 e. The molecule has 1 heterocycles. The molecule has 0 saturated heterocycles. The third-order valence-electron chi connectivity index (χ3n) is 6.14. The van der Waals surface area contributed by atoms with Crippen molar-refractivity contribution in [3.05, 3.63) is 48.0 Å². The molecule has 4 rings (SSSR count). The lowest BCUT2D eigenvalue weighted by molar-refractivity contribution is -0.121. The number of amides is 1. The van der Waals surface area contributed by atoms with Crippen LogP contribution in [0.15, 0.2) is 46.9 Å². The number of oxazole rings is 1. The predicted octanol–water partition coefficient (Wildman–Crippen LogP) is 6.74. The van der Waals surface area contributed by atoms with E-state index in [2.05, 4.69) is 17.2 Å². The standard InChI is InChI=1S/C25H30N2O2/c1-3-4-7-18-11-13-19(14-12-18)24(28)26-21-9-6-5-8-20(21)25-27-22-16-17(2)10-15-23(22)29-25/h5-6,8-10,15-16,18-19H,3-4,7,11-14H2,1-2H3,(H,26,28). The van der Waals surface area contributed by atoms with Crippen LogP contribution in [0.5, 0.6) is 0 Å². The van der Waals surface area contributed by atoms with Gasteiger partial charge in [0.05, 0.1) is 11.3 Å². The number of benzene rings is 2. The van der Waals surface area contributed by atoms with Crippen LogP contribution in [0.1, 0.15) is 57.4 Å². The summed E-state index contributed by atoms with van der Waals surface area (Å²) in [5.41, 5.74) is 4.34. The topological polar surface area (TPSA) is 55.1 Å². The average Bonchev–Trinajstić information content (AvgIpc) is 3.16. The van der Waals surface area contributed by atoms with Crippen LogP contribution in [-0.4, -0.2) is 10.9 Å². The van der Waals surface area contributed by atoms with Gasteiger partial charge in [0, 0.05) is 5.92 Å². The van der Waals surface area contributed by atoms with Gasteiger partial charge in [0.2, 0.25) is 11.8 Å². The first-order valence-corrected chi connectivity index (χ1v) is 10.9. The van der Waals surface area contributed by atoms with E-state index in [1.165, 1.54) is 32.1 Å². The van der Waals surface area contributed by atoms with Crippen molar-refractivity contribution in [3.63, 3.8) is 0 Å². The number of carbonyl (C=O) groups excluding carboxylic acids is 1. The molecule has 1 aromatic heterocycles. The zero-order chi connectivity index (χ0) is 20.2. The summed E-state index contributed by atoms with van der Waals surface area (Å²) in [7, 11) is 0. The van der Waals surface area contributed by atoms with E-state index in [9.17, 15) is 4.79 Å². The van der Waals surface area contributed by atoms with Gasteiger partial charge in [-0.25, -0.2) is 4.98 Å². The number of aryl methyl sites for hydroxylation is 1. The van der Waals surface area contributed by atoms with Gasteiger partial charge in [-0.3, -0.25) is 4.79 Å². The molecule has 0 bridgehead atoms. The number of fused-ring (bicyclic) bond motifs is 1. The molecule has 1 aliphatic rings. The molecule has 2 aromatic carbocycles. The molecule has 3 aromatic rings. The molecule has 0 aliphatic heterocycles. The van der Waals surface area contributed by atoms with Crippen molar-refractivity contribution in [1.82, 2.24) is 4.98 Å². The summed E-state index contributed by atoms with van der Waals surface area (Å²) in [5.74, 6) is 1.57. The number of nitrogens with zero attached hydrogens (tertiary/aromatic N) is 1. The number of carbonyl (C=O) groups is 1. The third-order valence-corrected chi connectivity index (χ3v) is 6.14. The minimum atomic E-state index is 0.104. The lowest BCUT2D eigenvalue weighted by Crippen LogP contribution is -2.27. The Morgan fingerprint density at radius 1 is 1.14 bits per heavy atom. The van der Waals surface area contributed by atoms with E-state index in [0.717, 1.165) is 46.7 Å². The number of nitrogens with one attached hydrogen (secondary N) is 1. The number of anilines is 1. The molecule has 152 valence electrons. The molecule has 4 heteroatoms. The first kappa shape index (κ1) is 19.7. The number of hydrogen-bond acceptors (Lipinski definition) is 3. The lowest BCUT2D eigenvalue weighted by Gasteiger charge is -2.27. The van der Waals surface area contributed by atoms with E-state index in [1.807, 2.05) is 49.4 Å². The maximum absolute atomic E-state index is 12.9. The molecule has 1 N–H and O–H groups in total. The van der Waals surface area contributed by atoms with E-state index >= 15 is 0 Å². The van der Waals surface area contributed by atoms with Gasteiger partial charge >= 0.3 is 0 Å². The van der Waals surface area contributed by atoms with Crippen molar-refractivity contribution in [2.45, 2.75) is 58.8 Å². The second-order valence-electron chi connectivity index (χ2n) is 8.38. The Morgan fingerprint density at radius 2 is 1.93 bits per heavy atom. The Labute approximate surface area is 172 Å². The second kappa shape index (κ2) is 8.81. The highest BCUT2D eigenvalue weighted by Crippen LogP contribution is 2.34. The van der Waals surface area contributed by atoms with Crippen LogP contribution in [-0.2, 0) is 4.79 Å². The van der Waals surface area contributed by atoms with Crippen molar-refractivity contribution < 1.29 is 9.21 Å². The fraction of sp³-hybridized carbons (Fsp3) is 0.440. The molecule has 1 fully saturated rings. The van der Waals surface area contributed by atoms with E-state index in [-0.39, 0.29) is 11.8 Å². The Bertz CT molecular complexity index is 983. The van der Waals surface area contributed by atoms with Crippen molar-refractivity contribution in [3.8, 4) is 11.5 Å². The quantitative estimate of drug-likeness (QED) is 0.507. The van der Waals surface area contributed by atoms with Gasteiger partial charge in [-0.2, -0.15) is 0 Å². The summed E-state index contributed by atoms with van der Waals surface area (Å²) in [6.45, 7) is 4.29. The first-order valence-electron chi connectivity index (χ1n) is 10.9. The molecule has 1 aliphatic carbocycles. The minimum Gasteiger partial charge on any atom is -0.436 e. The van der Waals surface area contributed by atoms with Crippen molar-refractivity contribution in [2.75, 3.05) is 5.32 Å². The molecule has 0 atom stereocenters. The highest BCUT2D eigenvalue weighted by Gasteiger charge is 2.26. The monoisotopic (exact) mass is 390 g/mol. The van der Waals surface area contributed by atoms with Crippen LogP contribution >= 0.6 is 0 Å². The summed E-state index contributed by atoms with van der Waals surface area (Å²) < 4.78 is 5.97. The van der Waals surface area contributed by atoms with Crippen LogP contribution in [0.3, 0.4) is 0 Å². The van der Waals surface area contributed by atoms with Crippen molar-refractivity contribution in [2.24, 2.45) is 11.8 Å². The number of unbranched alkanes of at least 4 members (excludes halogenated alkanes) is 1. The van der Waals surface area contributed by atoms with E-state index in [4.69, 9.17) is 4.42 Å². The van der Waals surface area contributed by atoms with Crippen LogP contribution in [0.4, 0.5) is 5.69 Å². The summed E-state index contributed by atoms with van der Waals surface area (Å²) in [6.07, 6.45) is 8.19. The molecule has 0 spiro atoms. The molecule has 0 unspecified atom stereocenters. The van der Waals surface area contributed by atoms with Gasteiger partial charge in [-0.05, 0) is 68.4 Å². The van der Waals surface area contributed by atoms with Gasteiger partial charge < -0.3 is 9.73 Å². The number of hydrogen-bond donors (Lipinski definition) is 1. The lowest BCUT2D eigenvalue weighted by atomic mass is 9.79. The Hall–Kier alpha value is -2.62. The highest BCUT2D eigenvalue weighted by atomic mass is 16.3. The van der Waals surface area contributed by atoms with Crippen LogP contribution < -0.4 is 5.32 Å². The summed E-state index contributed by atoms with van der Waals surface area (Å²) in [6, 6.07) is 13.7. The zero-order valence-corrected chi connectivity index (χ0v) is 17.4. The Morgan fingerprint density at radius 3 is 2.72 bits per heavy atom. The fourth-order valence-corrected chi connectivity index (χ4v) is 4.37. The summed E-state index contributed by atoms with van der Waals surface area (Å²) >= 11 is 0. The molecular weight excluding hydrogens is 360 g/mol. The van der Waals surface area contributed by atoms with E-state index in [1.54, 1.807) is 0 Å². The van der Waals surface area contributed by atoms with E-state index in [0.29, 0.717) is 5.89 Å². The smallest absolute Gasteiger partial charge is 0.229 e. The fourth-order valence-electron chi connectivity index (χ4n) is 4.37. The Balaban J connectivity index is 1.48. The molecule has 0 radical (unpaired) electrons. The normalized spacial score (nSPS) is 19.4. The van der Waals surface area contributed by atoms with Gasteiger partial charge in [0.25, 0.3) is 0 Å². The Kier molecular flexibility index (Phi) is 5.98. The molecule has 1 amide bonds. The predicted molar refractivity (Wildman–Crippen MR) is 118 cm³/mol. The number of rotatable bonds is 6. The summed E-state index contributed by atoms with van der Waals surface area (Å²) in [4.78, 5) is 17.6. The number of para-hydroxylation sites is 1. The minimum absolute atomic E-state index is 0.104.